The first kappa shape index (κ1) is 12.6. The molecule has 1 aromatic carbocycles. The maximum Gasteiger partial charge on any atom is 0.236 e. The lowest BCUT2D eigenvalue weighted by Crippen LogP contribution is -2.36. The van der Waals surface area contributed by atoms with Gasteiger partial charge >= 0.3 is 0 Å². The number of nitrogens with one attached hydrogen (secondary N) is 1. The number of hydrogen-bond acceptors (Lipinski definition) is 4. The lowest BCUT2D eigenvalue weighted by atomic mass is 10.2. The number of ether oxygens (including phenoxy) is 1. The Morgan fingerprint density at radius 1 is 1.33 bits per heavy atom. The molecule has 1 aliphatic heterocycles. The van der Waals surface area contributed by atoms with Gasteiger partial charge in [0, 0.05) is 25.7 Å². The fourth-order valence-corrected chi connectivity index (χ4v) is 1.79. The number of rotatable bonds is 3. The largest absolute Gasteiger partial charge is 0.378 e. The third-order valence-electron chi connectivity index (χ3n) is 2.70. The van der Waals surface area contributed by atoms with Crippen molar-refractivity contribution in [3.05, 3.63) is 29.8 Å². The van der Waals surface area contributed by atoms with Crippen molar-refractivity contribution in [3.63, 3.8) is 0 Å². The molecule has 0 aromatic heterocycles. The predicted molar refractivity (Wildman–Crippen MR) is 70.9 cm³/mol. The molecule has 0 radical (unpaired) electrons. The molecule has 1 heterocycles. The van der Waals surface area contributed by atoms with Crippen LogP contribution < -0.4 is 10.3 Å². The number of amides is 1. The highest BCUT2D eigenvalue weighted by Gasteiger charge is 2.10. The van der Waals surface area contributed by atoms with E-state index in [4.69, 9.17) is 4.74 Å². The van der Waals surface area contributed by atoms with Crippen molar-refractivity contribution in [2.24, 2.45) is 5.10 Å². The zero-order valence-corrected chi connectivity index (χ0v) is 10.4. The highest BCUT2D eigenvalue weighted by atomic mass is 16.5. The van der Waals surface area contributed by atoms with Crippen LogP contribution in [0.4, 0.5) is 5.69 Å². The quantitative estimate of drug-likeness (QED) is 0.640. The zero-order valence-electron chi connectivity index (χ0n) is 10.4. The summed E-state index contributed by atoms with van der Waals surface area (Å²) in [4.78, 5) is 12.9. The summed E-state index contributed by atoms with van der Waals surface area (Å²) in [6.07, 6.45) is 1.63. The van der Waals surface area contributed by atoms with Crippen molar-refractivity contribution in [2.75, 3.05) is 31.2 Å². The van der Waals surface area contributed by atoms with Gasteiger partial charge in [0.1, 0.15) is 0 Å². The second kappa shape index (κ2) is 6.16. The van der Waals surface area contributed by atoms with Gasteiger partial charge in [0.05, 0.1) is 19.4 Å². The average molecular weight is 247 g/mol. The molecule has 1 amide bonds. The maximum atomic E-state index is 10.7. The molecule has 1 saturated heterocycles. The molecule has 96 valence electrons. The van der Waals surface area contributed by atoms with Crippen LogP contribution in [0.3, 0.4) is 0 Å². The van der Waals surface area contributed by atoms with Crippen molar-refractivity contribution in [1.29, 1.82) is 0 Å². The Bertz CT molecular complexity index is 422. The van der Waals surface area contributed by atoms with E-state index in [-0.39, 0.29) is 5.91 Å². The Hall–Kier alpha value is -1.88. The first-order chi connectivity index (χ1) is 8.75. The highest BCUT2D eigenvalue weighted by molar-refractivity contribution is 5.82. The number of hydrazone groups is 1. The van der Waals surface area contributed by atoms with Crippen molar-refractivity contribution >= 4 is 17.8 Å². The van der Waals surface area contributed by atoms with Crippen LogP contribution in [0.25, 0.3) is 0 Å². The van der Waals surface area contributed by atoms with E-state index in [1.807, 2.05) is 12.1 Å². The molecule has 5 nitrogen and oxygen atoms in total. The van der Waals surface area contributed by atoms with E-state index in [0.29, 0.717) is 0 Å². The van der Waals surface area contributed by atoms with E-state index in [9.17, 15) is 4.79 Å². The van der Waals surface area contributed by atoms with E-state index in [2.05, 4.69) is 27.6 Å². The molecule has 1 aromatic rings. The monoisotopic (exact) mass is 247 g/mol. The van der Waals surface area contributed by atoms with E-state index in [1.54, 1.807) is 6.21 Å². The summed E-state index contributed by atoms with van der Waals surface area (Å²) in [6.45, 7) is 4.86. The number of carbonyl (C=O) groups is 1. The van der Waals surface area contributed by atoms with Gasteiger partial charge in [-0.2, -0.15) is 5.10 Å². The summed E-state index contributed by atoms with van der Waals surface area (Å²) >= 11 is 0. The van der Waals surface area contributed by atoms with Crippen LogP contribution in [-0.2, 0) is 9.53 Å². The number of anilines is 1. The molecule has 2 rings (SSSR count). The minimum atomic E-state index is -0.170. The second-order valence-corrected chi connectivity index (χ2v) is 4.12. The topological polar surface area (TPSA) is 53.9 Å². The van der Waals surface area contributed by atoms with Gasteiger partial charge in [-0.15, -0.1) is 0 Å². The summed E-state index contributed by atoms with van der Waals surface area (Å²) in [7, 11) is 0. The summed E-state index contributed by atoms with van der Waals surface area (Å²) in [6, 6.07) is 8.08. The third-order valence-corrected chi connectivity index (χ3v) is 2.70. The standard InChI is InChI=1S/C13H17N3O2/c1-11(17)15-14-10-12-2-4-13(5-3-12)16-6-8-18-9-7-16/h2-5,10H,6-9H2,1H3,(H,15,17)/b14-10-. The van der Waals surface area contributed by atoms with E-state index >= 15 is 0 Å². The van der Waals surface area contributed by atoms with Crippen LogP contribution in [0.2, 0.25) is 0 Å². The number of benzene rings is 1. The maximum absolute atomic E-state index is 10.7. The van der Waals surface area contributed by atoms with E-state index in [1.165, 1.54) is 12.6 Å². The van der Waals surface area contributed by atoms with Gasteiger partial charge in [-0.05, 0) is 17.7 Å². The smallest absolute Gasteiger partial charge is 0.236 e. The van der Waals surface area contributed by atoms with E-state index in [0.717, 1.165) is 31.9 Å². The summed E-state index contributed by atoms with van der Waals surface area (Å²) in [5.74, 6) is -0.170. The molecule has 0 aliphatic carbocycles. The molecule has 1 fully saturated rings. The molecule has 1 aliphatic rings. The Morgan fingerprint density at radius 2 is 2.00 bits per heavy atom. The molecule has 0 unspecified atom stereocenters. The SMILES string of the molecule is CC(=O)N/N=C\c1ccc(N2CCOCC2)cc1. The molecular formula is C13H17N3O2. The van der Waals surface area contributed by atoms with Crippen LogP contribution >= 0.6 is 0 Å². The van der Waals surface area contributed by atoms with Crippen LogP contribution in [-0.4, -0.2) is 38.4 Å². The minimum absolute atomic E-state index is 0.170. The number of morpholine rings is 1. The van der Waals surface area contributed by atoms with E-state index < -0.39 is 0 Å². The molecule has 0 spiro atoms. The summed E-state index contributed by atoms with van der Waals surface area (Å²) in [5, 5.41) is 3.83. The fraction of sp³-hybridized carbons (Fsp3) is 0.385. The van der Waals surface area contributed by atoms with Crippen LogP contribution in [0.1, 0.15) is 12.5 Å². The molecule has 5 heteroatoms. The first-order valence-corrected chi connectivity index (χ1v) is 5.98. The van der Waals surface area contributed by atoms with Crippen molar-refractivity contribution in [3.8, 4) is 0 Å². The van der Waals surface area contributed by atoms with Gasteiger partial charge < -0.3 is 9.64 Å². The minimum Gasteiger partial charge on any atom is -0.378 e. The number of nitrogens with zero attached hydrogens (tertiary/aromatic N) is 2. The lowest BCUT2D eigenvalue weighted by molar-refractivity contribution is -0.118. The lowest BCUT2D eigenvalue weighted by Gasteiger charge is -2.28. The molecule has 0 saturated carbocycles. The van der Waals surface area contributed by atoms with Gasteiger partial charge in [0.15, 0.2) is 0 Å². The molecule has 0 bridgehead atoms. The van der Waals surface area contributed by atoms with Crippen molar-refractivity contribution in [1.82, 2.24) is 5.43 Å². The number of hydrogen-bond donors (Lipinski definition) is 1. The Kier molecular flexibility index (Phi) is 4.30. The van der Waals surface area contributed by atoms with Gasteiger partial charge in [0.2, 0.25) is 5.91 Å². The Labute approximate surface area is 106 Å². The third kappa shape index (κ3) is 3.56. The van der Waals surface area contributed by atoms with Gasteiger partial charge in [-0.3, -0.25) is 4.79 Å². The first-order valence-electron chi connectivity index (χ1n) is 5.98. The van der Waals surface area contributed by atoms with Crippen LogP contribution in [0.5, 0.6) is 0 Å². The summed E-state index contributed by atoms with van der Waals surface area (Å²) < 4.78 is 5.32. The normalized spacial score (nSPS) is 15.9. The molecule has 1 N–H and O–H groups in total. The molecule has 0 atom stereocenters. The average Bonchev–Trinajstić information content (AvgIpc) is 2.40. The van der Waals surface area contributed by atoms with Gasteiger partial charge in [0.25, 0.3) is 0 Å². The number of carbonyl (C=O) groups excluding carboxylic acids is 1. The van der Waals surface area contributed by atoms with Crippen LogP contribution in [0.15, 0.2) is 29.4 Å². The Morgan fingerprint density at radius 3 is 2.61 bits per heavy atom. The van der Waals surface area contributed by atoms with Crippen molar-refractivity contribution in [2.45, 2.75) is 6.92 Å². The van der Waals surface area contributed by atoms with Crippen molar-refractivity contribution < 1.29 is 9.53 Å². The molecular weight excluding hydrogens is 230 g/mol. The zero-order chi connectivity index (χ0) is 12.8. The highest BCUT2D eigenvalue weighted by Crippen LogP contribution is 2.15. The second-order valence-electron chi connectivity index (χ2n) is 4.12. The van der Waals surface area contributed by atoms with Gasteiger partial charge in [-0.25, -0.2) is 5.43 Å². The fourth-order valence-electron chi connectivity index (χ4n) is 1.79. The molecule has 18 heavy (non-hydrogen) atoms. The van der Waals surface area contributed by atoms with Gasteiger partial charge in [-0.1, -0.05) is 12.1 Å². The van der Waals surface area contributed by atoms with Crippen LogP contribution in [0, 0.1) is 0 Å². The predicted octanol–water partition coefficient (Wildman–Crippen LogP) is 0.993. The Balaban J connectivity index is 1.96. The summed E-state index contributed by atoms with van der Waals surface area (Å²) in [5.41, 5.74) is 4.52.